The van der Waals surface area contributed by atoms with Crippen molar-refractivity contribution < 1.29 is 9.32 Å². The third kappa shape index (κ3) is 3.45. The fraction of sp³-hybridized carbons (Fsp3) is 0.167. The molecule has 1 heterocycles. The maximum Gasteiger partial charge on any atom is 0.316 e. The van der Waals surface area contributed by atoms with Crippen LogP contribution in [0.1, 0.15) is 34.8 Å². The molecule has 116 valence electrons. The summed E-state index contributed by atoms with van der Waals surface area (Å²) in [7, 11) is 0. The number of hydrogen-bond acceptors (Lipinski definition) is 4. The van der Waals surface area contributed by atoms with Gasteiger partial charge in [0, 0.05) is 5.56 Å². The molecule has 0 saturated heterocycles. The highest BCUT2D eigenvalue weighted by molar-refractivity contribution is 5.90. The number of aryl methyl sites for hydroxylation is 1. The van der Waals surface area contributed by atoms with Crippen LogP contribution in [0.4, 0.5) is 0 Å². The number of hydrogen-bond donors (Lipinski definition) is 1. The predicted molar refractivity (Wildman–Crippen MR) is 86.8 cm³/mol. The molecule has 5 nitrogen and oxygen atoms in total. The molecule has 1 aromatic heterocycles. The summed E-state index contributed by atoms with van der Waals surface area (Å²) in [5.74, 6) is -0.0109. The van der Waals surface area contributed by atoms with E-state index in [9.17, 15) is 4.79 Å². The summed E-state index contributed by atoms with van der Waals surface area (Å²) in [6.07, 6.45) is 0. The maximum atomic E-state index is 12.2. The molecule has 0 fully saturated rings. The number of carbonyl (C=O) groups excluding carboxylic acids is 1. The fourth-order valence-corrected chi connectivity index (χ4v) is 2.30. The van der Waals surface area contributed by atoms with Gasteiger partial charge in [-0.05, 0) is 25.5 Å². The van der Waals surface area contributed by atoms with Gasteiger partial charge in [0.05, 0.1) is 6.04 Å². The minimum atomic E-state index is -0.382. The average Bonchev–Trinajstić information content (AvgIpc) is 3.06. The number of nitrogens with zero attached hydrogens (tertiary/aromatic N) is 2. The molecule has 0 radical (unpaired) electrons. The summed E-state index contributed by atoms with van der Waals surface area (Å²) in [5.41, 5.74) is 2.93. The molecule has 0 spiro atoms. The van der Waals surface area contributed by atoms with E-state index in [1.54, 1.807) is 0 Å². The van der Waals surface area contributed by atoms with Crippen molar-refractivity contribution in [3.05, 3.63) is 71.6 Å². The third-order valence-corrected chi connectivity index (χ3v) is 3.54. The first kappa shape index (κ1) is 15.0. The fourth-order valence-electron chi connectivity index (χ4n) is 2.30. The minimum Gasteiger partial charge on any atom is -0.341 e. The monoisotopic (exact) mass is 307 g/mol. The molecule has 1 N–H and O–H groups in total. The summed E-state index contributed by atoms with van der Waals surface area (Å²) >= 11 is 0. The molecular formula is C18H17N3O2. The Morgan fingerprint density at radius 2 is 1.91 bits per heavy atom. The zero-order valence-corrected chi connectivity index (χ0v) is 13.0. The highest BCUT2D eigenvalue weighted by Gasteiger charge is 2.18. The first-order chi connectivity index (χ1) is 11.1. The van der Waals surface area contributed by atoms with Crippen molar-refractivity contribution in [3.63, 3.8) is 0 Å². The number of nitrogens with one attached hydrogen (secondary N) is 1. The number of aromatic nitrogens is 2. The highest BCUT2D eigenvalue weighted by atomic mass is 16.5. The van der Waals surface area contributed by atoms with Gasteiger partial charge in [0.15, 0.2) is 0 Å². The lowest BCUT2D eigenvalue weighted by Gasteiger charge is -2.12. The van der Waals surface area contributed by atoms with Crippen LogP contribution in [0.25, 0.3) is 11.4 Å². The second kappa shape index (κ2) is 6.44. The standard InChI is InChI=1S/C18H17N3O2/c1-12-7-6-10-15(11-12)16-20-18(23-21-16)17(22)19-13(2)14-8-4-3-5-9-14/h3-11,13H,1-2H3,(H,19,22)/t13-/m1/s1. The summed E-state index contributed by atoms with van der Waals surface area (Å²) in [5, 5.41) is 6.74. The van der Waals surface area contributed by atoms with Gasteiger partial charge in [0.1, 0.15) is 0 Å². The quantitative estimate of drug-likeness (QED) is 0.800. The lowest BCUT2D eigenvalue weighted by molar-refractivity contribution is 0.0895. The van der Waals surface area contributed by atoms with E-state index in [-0.39, 0.29) is 17.8 Å². The van der Waals surface area contributed by atoms with E-state index < -0.39 is 0 Å². The lowest BCUT2D eigenvalue weighted by atomic mass is 10.1. The molecule has 1 amide bonds. The van der Waals surface area contributed by atoms with E-state index in [0.717, 1.165) is 16.7 Å². The van der Waals surface area contributed by atoms with Crippen molar-refractivity contribution >= 4 is 5.91 Å². The third-order valence-electron chi connectivity index (χ3n) is 3.54. The zero-order chi connectivity index (χ0) is 16.2. The maximum absolute atomic E-state index is 12.2. The molecule has 1 atom stereocenters. The van der Waals surface area contributed by atoms with Gasteiger partial charge in [-0.15, -0.1) is 0 Å². The molecule has 0 aliphatic heterocycles. The Morgan fingerprint density at radius 3 is 2.65 bits per heavy atom. The van der Waals surface area contributed by atoms with E-state index in [4.69, 9.17) is 4.52 Å². The molecule has 0 bridgehead atoms. The molecule has 0 unspecified atom stereocenters. The molecule has 0 saturated carbocycles. The topological polar surface area (TPSA) is 68.0 Å². The summed E-state index contributed by atoms with van der Waals surface area (Å²) in [6, 6.07) is 17.3. The average molecular weight is 307 g/mol. The van der Waals surface area contributed by atoms with Crippen LogP contribution >= 0.6 is 0 Å². The van der Waals surface area contributed by atoms with Crippen LogP contribution in [0.15, 0.2) is 59.1 Å². The van der Waals surface area contributed by atoms with Gasteiger partial charge in [-0.25, -0.2) is 0 Å². The van der Waals surface area contributed by atoms with Gasteiger partial charge in [-0.1, -0.05) is 59.3 Å². The van der Waals surface area contributed by atoms with Gasteiger partial charge >= 0.3 is 11.8 Å². The van der Waals surface area contributed by atoms with Crippen molar-refractivity contribution in [1.29, 1.82) is 0 Å². The highest BCUT2D eigenvalue weighted by Crippen LogP contribution is 2.17. The van der Waals surface area contributed by atoms with Crippen LogP contribution in [-0.2, 0) is 0 Å². The van der Waals surface area contributed by atoms with Crippen molar-refractivity contribution in [2.24, 2.45) is 0 Å². The zero-order valence-electron chi connectivity index (χ0n) is 13.0. The minimum absolute atomic E-state index is 0.0377. The second-order valence-electron chi connectivity index (χ2n) is 5.40. The van der Waals surface area contributed by atoms with E-state index in [1.807, 2.05) is 68.4 Å². The molecule has 3 aromatic rings. The molecule has 0 aliphatic carbocycles. The molecular weight excluding hydrogens is 290 g/mol. The van der Waals surface area contributed by atoms with Gasteiger partial charge in [-0.3, -0.25) is 4.79 Å². The van der Waals surface area contributed by atoms with Crippen molar-refractivity contribution in [2.45, 2.75) is 19.9 Å². The smallest absolute Gasteiger partial charge is 0.316 e. The van der Waals surface area contributed by atoms with Crippen molar-refractivity contribution in [2.75, 3.05) is 0 Å². The number of carbonyl (C=O) groups is 1. The first-order valence-corrected chi connectivity index (χ1v) is 7.40. The van der Waals surface area contributed by atoms with Gasteiger partial charge in [-0.2, -0.15) is 4.98 Å². The van der Waals surface area contributed by atoms with Gasteiger partial charge in [0.25, 0.3) is 0 Å². The van der Waals surface area contributed by atoms with Crippen LogP contribution in [-0.4, -0.2) is 16.0 Å². The Morgan fingerprint density at radius 1 is 1.13 bits per heavy atom. The summed E-state index contributed by atoms with van der Waals surface area (Å²) < 4.78 is 5.08. The summed E-state index contributed by atoms with van der Waals surface area (Å²) in [6.45, 7) is 3.89. The summed E-state index contributed by atoms with van der Waals surface area (Å²) in [4.78, 5) is 16.4. The van der Waals surface area contributed by atoms with Crippen LogP contribution in [0.3, 0.4) is 0 Å². The van der Waals surface area contributed by atoms with Gasteiger partial charge < -0.3 is 9.84 Å². The Bertz CT molecular complexity index is 812. The first-order valence-electron chi connectivity index (χ1n) is 7.40. The molecule has 2 aromatic carbocycles. The van der Waals surface area contributed by atoms with E-state index in [0.29, 0.717) is 5.82 Å². The number of benzene rings is 2. The normalized spacial score (nSPS) is 11.9. The molecule has 5 heteroatoms. The molecule has 3 rings (SSSR count). The van der Waals surface area contributed by atoms with E-state index in [2.05, 4.69) is 15.5 Å². The predicted octanol–water partition coefficient (Wildman–Crippen LogP) is 3.54. The lowest BCUT2D eigenvalue weighted by Crippen LogP contribution is -2.26. The van der Waals surface area contributed by atoms with E-state index >= 15 is 0 Å². The van der Waals surface area contributed by atoms with Gasteiger partial charge in [0.2, 0.25) is 5.82 Å². The SMILES string of the molecule is Cc1cccc(-c2noc(C(=O)N[C@H](C)c3ccccc3)n2)c1. The molecule has 23 heavy (non-hydrogen) atoms. The van der Waals surface area contributed by atoms with Crippen LogP contribution in [0.2, 0.25) is 0 Å². The molecule has 0 aliphatic rings. The number of amides is 1. The Balaban J connectivity index is 1.74. The van der Waals surface area contributed by atoms with Crippen molar-refractivity contribution in [3.8, 4) is 11.4 Å². The second-order valence-corrected chi connectivity index (χ2v) is 5.40. The Labute approximate surface area is 134 Å². The Kier molecular flexibility index (Phi) is 4.19. The van der Waals surface area contributed by atoms with Crippen LogP contribution < -0.4 is 5.32 Å². The van der Waals surface area contributed by atoms with Crippen LogP contribution in [0, 0.1) is 6.92 Å². The largest absolute Gasteiger partial charge is 0.341 e. The van der Waals surface area contributed by atoms with Crippen LogP contribution in [0.5, 0.6) is 0 Å². The Hall–Kier alpha value is -2.95. The van der Waals surface area contributed by atoms with E-state index in [1.165, 1.54) is 0 Å². The number of rotatable bonds is 4. The van der Waals surface area contributed by atoms with Crippen molar-refractivity contribution in [1.82, 2.24) is 15.5 Å².